The number of benzene rings is 2. The van der Waals surface area contributed by atoms with Gasteiger partial charge in [-0.25, -0.2) is 13.6 Å². The Morgan fingerprint density at radius 1 is 1.20 bits per heavy atom. The molecule has 3 nitrogen and oxygen atoms in total. The van der Waals surface area contributed by atoms with E-state index in [2.05, 4.69) is 0 Å². The molecule has 0 heterocycles. The molecule has 6 heteroatoms. The molecule has 0 aliphatic carbocycles. The first-order chi connectivity index (χ1) is 9.45. The second-order valence-electron chi connectivity index (χ2n) is 4.01. The fourth-order valence-electron chi connectivity index (χ4n) is 1.58. The summed E-state index contributed by atoms with van der Waals surface area (Å²) in [7, 11) is 0. The lowest BCUT2D eigenvalue weighted by Crippen LogP contribution is -2.02. The Morgan fingerprint density at radius 3 is 2.65 bits per heavy atom. The van der Waals surface area contributed by atoms with Crippen LogP contribution in [0.3, 0.4) is 0 Å². The van der Waals surface area contributed by atoms with Crippen molar-refractivity contribution in [2.24, 2.45) is 0 Å². The van der Waals surface area contributed by atoms with E-state index in [1.54, 1.807) is 0 Å². The van der Waals surface area contributed by atoms with Crippen molar-refractivity contribution in [3.8, 4) is 5.75 Å². The van der Waals surface area contributed by atoms with Crippen molar-refractivity contribution in [2.45, 2.75) is 6.61 Å². The molecule has 0 amide bonds. The molecule has 0 saturated heterocycles. The van der Waals surface area contributed by atoms with E-state index in [0.29, 0.717) is 5.02 Å². The predicted octanol–water partition coefficient (Wildman–Crippen LogP) is 3.90. The lowest BCUT2D eigenvalue weighted by molar-refractivity contribution is 0.0695. The number of carbonyl (C=O) groups is 1. The maximum atomic E-state index is 13.5. The minimum atomic E-state index is -1.27. The lowest BCUT2D eigenvalue weighted by Gasteiger charge is -2.08. The van der Waals surface area contributed by atoms with Gasteiger partial charge in [-0.15, -0.1) is 0 Å². The van der Waals surface area contributed by atoms with Gasteiger partial charge in [-0.1, -0.05) is 11.6 Å². The molecule has 0 bridgehead atoms. The van der Waals surface area contributed by atoms with Crippen LogP contribution in [0.2, 0.25) is 5.02 Å². The largest absolute Gasteiger partial charge is 0.489 e. The lowest BCUT2D eigenvalue weighted by atomic mass is 10.2. The van der Waals surface area contributed by atoms with Crippen molar-refractivity contribution in [3.63, 3.8) is 0 Å². The van der Waals surface area contributed by atoms with E-state index in [1.165, 1.54) is 18.2 Å². The number of hydrogen-bond acceptors (Lipinski definition) is 2. The van der Waals surface area contributed by atoms with E-state index in [4.69, 9.17) is 21.4 Å². The van der Waals surface area contributed by atoms with Gasteiger partial charge in [-0.2, -0.15) is 0 Å². The van der Waals surface area contributed by atoms with Gasteiger partial charge >= 0.3 is 5.97 Å². The molecular formula is C14H9ClF2O3. The van der Waals surface area contributed by atoms with E-state index in [1.807, 2.05) is 0 Å². The zero-order chi connectivity index (χ0) is 14.7. The second kappa shape index (κ2) is 5.88. The molecule has 0 unspecified atom stereocenters. The molecule has 2 aromatic rings. The Labute approximate surface area is 118 Å². The molecule has 20 heavy (non-hydrogen) atoms. The van der Waals surface area contributed by atoms with Crippen LogP contribution in [0, 0.1) is 11.6 Å². The van der Waals surface area contributed by atoms with Crippen molar-refractivity contribution in [3.05, 3.63) is 64.2 Å². The number of aromatic carboxylic acids is 1. The molecule has 1 N–H and O–H groups in total. The van der Waals surface area contributed by atoms with Gasteiger partial charge in [0.2, 0.25) is 0 Å². The average molecular weight is 299 g/mol. The van der Waals surface area contributed by atoms with Crippen LogP contribution >= 0.6 is 11.6 Å². The van der Waals surface area contributed by atoms with Crippen molar-refractivity contribution in [2.75, 3.05) is 0 Å². The summed E-state index contributed by atoms with van der Waals surface area (Å²) in [5.41, 5.74) is -0.0507. The topological polar surface area (TPSA) is 46.5 Å². The van der Waals surface area contributed by atoms with Gasteiger partial charge in [0.15, 0.2) is 0 Å². The molecule has 2 rings (SSSR count). The zero-order valence-electron chi connectivity index (χ0n) is 10.1. The first-order valence-electron chi connectivity index (χ1n) is 5.56. The monoisotopic (exact) mass is 298 g/mol. The Morgan fingerprint density at radius 2 is 1.95 bits per heavy atom. The highest BCUT2D eigenvalue weighted by atomic mass is 35.5. The van der Waals surface area contributed by atoms with Gasteiger partial charge in [-0.3, -0.25) is 0 Å². The fourth-order valence-corrected chi connectivity index (χ4v) is 1.78. The summed E-state index contributed by atoms with van der Waals surface area (Å²) in [6, 6.07) is 7.02. The van der Waals surface area contributed by atoms with Crippen LogP contribution < -0.4 is 4.74 Å². The Kier molecular flexibility index (Phi) is 4.20. The van der Waals surface area contributed by atoms with E-state index >= 15 is 0 Å². The van der Waals surface area contributed by atoms with Crippen LogP contribution in [-0.2, 0) is 6.61 Å². The van der Waals surface area contributed by atoms with E-state index in [0.717, 1.165) is 18.2 Å². The molecular weight excluding hydrogens is 290 g/mol. The van der Waals surface area contributed by atoms with Crippen molar-refractivity contribution < 1.29 is 23.4 Å². The summed E-state index contributed by atoms with van der Waals surface area (Å²) in [5, 5.41) is 9.14. The third-order valence-electron chi connectivity index (χ3n) is 2.52. The number of carboxylic acid groups (broad SMARTS) is 1. The smallest absolute Gasteiger partial charge is 0.335 e. The number of hydrogen-bond donors (Lipinski definition) is 1. The van der Waals surface area contributed by atoms with Crippen molar-refractivity contribution >= 4 is 17.6 Å². The SMILES string of the molecule is O=C(O)c1cc(F)cc(OCc2cc(Cl)ccc2F)c1. The summed E-state index contributed by atoms with van der Waals surface area (Å²) < 4.78 is 31.9. The minimum absolute atomic E-state index is 0.00164. The summed E-state index contributed by atoms with van der Waals surface area (Å²) >= 11 is 5.73. The van der Waals surface area contributed by atoms with Crippen molar-refractivity contribution in [1.82, 2.24) is 0 Å². The zero-order valence-corrected chi connectivity index (χ0v) is 10.8. The molecule has 0 radical (unpaired) electrons. The van der Waals surface area contributed by atoms with Crippen LogP contribution in [0.5, 0.6) is 5.75 Å². The quantitative estimate of drug-likeness (QED) is 0.931. The second-order valence-corrected chi connectivity index (χ2v) is 4.44. The first-order valence-corrected chi connectivity index (χ1v) is 5.94. The van der Waals surface area contributed by atoms with E-state index in [-0.39, 0.29) is 23.5 Å². The number of halogens is 3. The molecule has 104 valence electrons. The van der Waals surface area contributed by atoms with Crippen LogP contribution in [-0.4, -0.2) is 11.1 Å². The maximum absolute atomic E-state index is 13.5. The number of carboxylic acids is 1. The first kappa shape index (κ1) is 14.3. The summed E-state index contributed by atoms with van der Waals surface area (Å²) in [6.45, 7) is -0.186. The highest BCUT2D eigenvalue weighted by Crippen LogP contribution is 2.20. The van der Waals surface area contributed by atoms with Crippen LogP contribution in [0.1, 0.15) is 15.9 Å². The van der Waals surface area contributed by atoms with Crippen molar-refractivity contribution in [1.29, 1.82) is 0 Å². The van der Waals surface area contributed by atoms with Gasteiger partial charge in [0, 0.05) is 16.7 Å². The van der Waals surface area contributed by atoms with Crippen LogP contribution in [0.25, 0.3) is 0 Å². The predicted molar refractivity (Wildman–Crippen MR) is 69.1 cm³/mol. The van der Waals surface area contributed by atoms with E-state index < -0.39 is 17.6 Å². The molecule has 0 aliphatic heterocycles. The third-order valence-corrected chi connectivity index (χ3v) is 2.76. The molecule has 0 aliphatic rings. The highest BCUT2D eigenvalue weighted by Gasteiger charge is 2.09. The molecule has 0 spiro atoms. The Hall–Kier alpha value is -2.14. The fraction of sp³-hybridized carbons (Fsp3) is 0.0714. The average Bonchev–Trinajstić information content (AvgIpc) is 2.39. The van der Waals surface area contributed by atoms with Gasteiger partial charge in [0.1, 0.15) is 24.0 Å². The third kappa shape index (κ3) is 3.45. The Bertz CT molecular complexity index is 659. The summed E-state index contributed by atoms with van der Waals surface area (Å²) in [6.07, 6.45) is 0. The molecule has 0 atom stereocenters. The highest BCUT2D eigenvalue weighted by molar-refractivity contribution is 6.30. The van der Waals surface area contributed by atoms with Gasteiger partial charge in [0.05, 0.1) is 5.56 Å². The molecule has 0 aromatic heterocycles. The molecule has 2 aromatic carbocycles. The van der Waals surface area contributed by atoms with Gasteiger partial charge in [0.25, 0.3) is 0 Å². The summed E-state index contributed by atoms with van der Waals surface area (Å²) in [5.74, 6) is -2.53. The maximum Gasteiger partial charge on any atom is 0.335 e. The van der Waals surface area contributed by atoms with Gasteiger partial charge in [-0.05, 0) is 30.3 Å². The standard InChI is InChI=1S/C14H9ClF2O3/c15-10-1-2-13(17)9(3-10)7-20-12-5-8(14(18)19)4-11(16)6-12/h1-6H,7H2,(H,18,19). The minimum Gasteiger partial charge on any atom is -0.489 e. The van der Waals surface area contributed by atoms with Crippen LogP contribution in [0.4, 0.5) is 8.78 Å². The summed E-state index contributed by atoms with van der Waals surface area (Å²) in [4.78, 5) is 10.8. The van der Waals surface area contributed by atoms with E-state index in [9.17, 15) is 13.6 Å². The normalized spacial score (nSPS) is 10.3. The number of ether oxygens (including phenoxy) is 1. The van der Waals surface area contributed by atoms with Crippen LogP contribution in [0.15, 0.2) is 36.4 Å². The Balaban J connectivity index is 2.18. The molecule has 0 fully saturated rings. The van der Waals surface area contributed by atoms with Gasteiger partial charge < -0.3 is 9.84 Å². The number of rotatable bonds is 4. The molecule has 0 saturated carbocycles.